The summed E-state index contributed by atoms with van der Waals surface area (Å²) in [7, 11) is -6.17. The summed E-state index contributed by atoms with van der Waals surface area (Å²) in [5, 5.41) is 51.5. The number of nitriles is 6. The Bertz CT molecular complexity index is 397. The van der Waals surface area contributed by atoms with Crippen molar-refractivity contribution in [3.8, 4) is 29.8 Å². The first-order valence-corrected chi connectivity index (χ1v) is 5.71. The Balaban J connectivity index is -0.000000720. The zero-order chi connectivity index (χ0) is 10.7. The largest absolute Gasteiger partial charge is 2.00 e. The van der Waals surface area contributed by atoms with E-state index in [-0.39, 0.29) is 68.5 Å². The molecule has 74 valence electrons. The van der Waals surface area contributed by atoms with E-state index in [4.69, 9.17) is 31.6 Å². The molecular formula is C6CuFeKN6. The number of hydrogen-bond donors (Lipinski definition) is 0. The van der Waals surface area contributed by atoms with Crippen molar-refractivity contribution < 1.29 is 79.2 Å². The molecule has 0 aliphatic rings. The van der Waals surface area contributed by atoms with Crippen LogP contribution in [-0.2, 0) is 27.8 Å². The third-order valence-electron chi connectivity index (χ3n) is 1.19. The van der Waals surface area contributed by atoms with Crippen LogP contribution in [0.2, 0.25) is 0 Å². The van der Waals surface area contributed by atoms with Crippen LogP contribution in [0.15, 0.2) is 0 Å². The fraction of sp³-hybridized carbons (Fsp3) is 0. The van der Waals surface area contributed by atoms with Crippen molar-refractivity contribution in [2.24, 2.45) is 0 Å². The Hall–Kier alpha value is -0.385. The second-order valence-corrected chi connectivity index (χ2v) is 7.42. The van der Waals surface area contributed by atoms with E-state index in [0.29, 0.717) is 0 Å². The molecule has 0 aromatic heterocycles. The molecule has 0 rings (SSSR count). The van der Waals surface area contributed by atoms with Gasteiger partial charge >= 0.3 is 141 Å². The van der Waals surface area contributed by atoms with E-state index in [1.54, 1.807) is 0 Å². The molecule has 0 saturated heterocycles. The van der Waals surface area contributed by atoms with Crippen LogP contribution in [0.1, 0.15) is 0 Å². The SMILES string of the molecule is N#[C][Fe-3]([C]#N)([C]#N)([C]#N)([C]#N)[C]#N.[Cu+2].[K+]. The maximum atomic E-state index is 8.58. The molecule has 1 radical (unpaired) electrons. The zero-order valence-corrected chi connectivity index (χ0v) is 12.5. The van der Waals surface area contributed by atoms with Gasteiger partial charge in [0.1, 0.15) is 0 Å². The van der Waals surface area contributed by atoms with Crippen LogP contribution in [0.3, 0.4) is 0 Å². The number of rotatable bonds is 0. The first kappa shape index (κ1) is 20.1. The van der Waals surface area contributed by atoms with Gasteiger partial charge in [-0.1, -0.05) is 0 Å². The molecule has 0 heterocycles. The van der Waals surface area contributed by atoms with Crippen molar-refractivity contribution in [3.63, 3.8) is 0 Å². The normalized spacial score (nSPS) is 11.6. The van der Waals surface area contributed by atoms with Crippen molar-refractivity contribution in [3.05, 3.63) is 0 Å². The molecule has 0 unspecified atom stereocenters. The van der Waals surface area contributed by atoms with Crippen LogP contribution < -0.4 is 51.4 Å². The average Bonchev–Trinajstić information content (AvgIpc) is 2.26. The van der Waals surface area contributed by atoms with Gasteiger partial charge in [0.05, 0.1) is 0 Å². The van der Waals surface area contributed by atoms with Crippen LogP contribution in [0.5, 0.6) is 0 Å². The van der Waals surface area contributed by atoms with Gasteiger partial charge in [-0.25, -0.2) is 0 Å². The number of nitrogens with zero attached hydrogens (tertiary/aromatic N) is 6. The standard InChI is InChI=1S/6CN.Cu.Fe.K/c6*1-2;;;/q;;;;;;+2;-3;+1. The summed E-state index contributed by atoms with van der Waals surface area (Å²) in [5.41, 5.74) is 0. The molecule has 6 nitrogen and oxygen atoms in total. The Morgan fingerprint density at radius 1 is 0.533 bits per heavy atom. The van der Waals surface area contributed by atoms with E-state index in [0.717, 1.165) is 29.8 Å². The van der Waals surface area contributed by atoms with Gasteiger partial charge in [0.2, 0.25) is 0 Å². The second-order valence-electron chi connectivity index (χ2n) is 1.80. The van der Waals surface area contributed by atoms with Gasteiger partial charge in [-0.2, -0.15) is 0 Å². The van der Waals surface area contributed by atoms with E-state index in [1.165, 1.54) is 0 Å². The fourth-order valence-corrected chi connectivity index (χ4v) is 1.09. The van der Waals surface area contributed by atoms with E-state index in [2.05, 4.69) is 0 Å². The maximum Gasteiger partial charge on any atom is 2.00 e. The molecular weight excluding hydrogens is 315 g/mol. The predicted molar refractivity (Wildman–Crippen MR) is 33.7 cm³/mol. The van der Waals surface area contributed by atoms with Crippen LogP contribution in [0, 0.1) is 61.4 Å². The Morgan fingerprint density at radius 3 is 0.667 bits per heavy atom. The summed E-state index contributed by atoms with van der Waals surface area (Å²) in [6.07, 6.45) is 0. The van der Waals surface area contributed by atoms with Gasteiger partial charge in [-0.05, 0) is 0 Å². The van der Waals surface area contributed by atoms with Crippen LogP contribution in [-0.4, -0.2) is 0 Å². The van der Waals surface area contributed by atoms with Crippen molar-refractivity contribution in [2.75, 3.05) is 0 Å². The molecule has 0 saturated carbocycles. The molecule has 0 aliphatic carbocycles. The van der Waals surface area contributed by atoms with Crippen molar-refractivity contribution >= 4 is 0 Å². The molecule has 0 aromatic rings. The van der Waals surface area contributed by atoms with Gasteiger partial charge in [0, 0.05) is 0 Å². The Kier molecular flexibility index (Phi) is 6.83. The van der Waals surface area contributed by atoms with E-state index in [9.17, 15) is 0 Å². The molecule has 0 fully saturated rings. The third-order valence-corrected chi connectivity index (χ3v) is 4.89. The van der Waals surface area contributed by atoms with Crippen LogP contribution in [0.4, 0.5) is 0 Å². The molecule has 0 spiro atoms. The van der Waals surface area contributed by atoms with Crippen molar-refractivity contribution in [1.82, 2.24) is 0 Å². The molecule has 15 heavy (non-hydrogen) atoms. The monoisotopic (exact) mass is 314 g/mol. The molecule has 0 aliphatic heterocycles. The maximum absolute atomic E-state index is 8.58. The van der Waals surface area contributed by atoms with E-state index in [1.807, 2.05) is 0 Å². The molecule has 9 heteroatoms. The minimum absolute atomic E-state index is 0. The van der Waals surface area contributed by atoms with Crippen molar-refractivity contribution in [2.45, 2.75) is 0 Å². The van der Waals surface area contributed by atoms with E-state index < -0.39 is 10.7 Å². The quantitative estimate of drug-likeness (QED) is 0.439. The smallest absolute Gasteiger partial charge is 1.00 e. The predicted octanol–water partition coefficient (Wildman–Crippen LogP) is -2.90. The first-order valence-electron chi connectivity index (χ1n) is 2.40. The minimum Gasteiger partial charge on any atom is 1.00 e. The van der Waals surface area contributed by atoms with Gasteiger partial charge in [-0.15, -0.1) is 0 Å². The fourth-order valence-electron chi connectivity index (χ4n) is 0.265. The Morgan fingerprint density at radius 2 is 0.667 bits per heavy atom. The molecule has 0 aromatic carbocycles. The van der Waals surface area contributed by atoms with Gasteiger partial charge in [0.15, 0.2) is 0 Å². The second kappa shape index (κ2) is 5.10. The van der Waals surface area contributed by atoms with Crippen LogP contribution in [0.25, 0.3) is 0 Å². The van der Waals surface area contributed by atoms with E-state index >= 15 is 0 Å². The molecule has 0 N–H and O–H groups in total. The van der Waals surface area contributed by atoms with Gasteiger partial charge in [-0.3, -0.25) is 0 Å². The summed E-state index contributed by atoms with van der Waals surface area (Å²) in [6, 6.07) is 0. The van der Waals surface area contributed by atoms with Crippen molar-refractivity contribution in [1.29, 1.82) is 31.6 Å². The Labute approximate surface area is 138 Å². The summed E-state index contributed by atoms with van der Waals surface area (Å²) in [6.45, 7) is 0. The minimum atomic E-state index is -6.17. The summed E-state index contributed by atoms with van der Waals surface area (Å²) < 4.78 is 0. The summed E-state index contributed by atoms with van der Waals surface area (Å²) in [5.74, 6) is 0. The molecule has 0 atom stereocenters. The third kappa shape index (κ3) is 2.09. The van der Waals surface area contributed by atoms with Crippen LogP contribution >= 0.6 is 0 Å². The number of hydrogen-bond acceptors (Lipinski definition) is 6. The zero-order valence-electron chi connectivity index (χ0n) is 7.34. The topological polar surface area (TPSA) is 143 Å². The average molecular weight is 315 g/mol. The van der Waals surface area contributed by atoms with Gasteiger partial charge in [0.25, 0.3) is 0 Å². The first-order chi connectivity index (χ1) is 5.97. The summed E-state index contributed by atoms with van der Waals surface area (Å²) in [4.78, 5) is 6.19. The summed E-state index contributed by atoms with van der Waals surface area (Å²) >= 11 is 0. The molecule has 0 amide bonds. The molecule has 0 bridgehead atoms. The van der Waals surface area contributed by atoms with Gasteiger partial charge < -0.3 is 0 Å².